The zero-order chi connectivity index (χ0) is 19.4. The van der Waals surface area contributed by atoms with E-state index in [0.29, 0.717) is 22.7 Å². The van der Waals surface area contributed by atoms with Crippen molar-refractivity contribution in [2.75, 3.05) is 27.8 Å². The lowest BCUT2D eigenvalue weighted by molar-refractivity contribution is -0.128. The van der Waals surface area contributed by atoms with Gasteiger partial charge in [0.25, 0.3) is 5.56 Å². The third kappa shape index (κ3) is 4.27. The quantitative estimate of drug-likeness (QED) is 0.548. The molecule has 0 aliphatic rings. The second-order valence-corrected chi connectivity index (χ2v) is 8.01. The van der Waals surface area contributed by atoms with E-state index in [9.17, 15) is 9.59 Å². The minimum atomic E-state index is -0.320. The van der Waals surface area contributed by atoms with Gasteiger partial charge in [0.2, 0.25) is 5.91 Å². The molecule has 1 aromatic carbocycles. The first-order valence-electron chi connectivity index (χ1n) is 8.66. The first-order chi connectivity index (χ1) is 12.3. The Hall–Kier alpha value is -1.86. The van der Waals surface area contributed by atoms with E-state index in [4.69, 9.17) is 9.72 Å². The summed E-state index contributed by atoms with van der Waals surface area (Å²) in [5.74, 6) is 0.114. The van der Waals surface area contributed by atoms with Gasteiger partial charge in [0.15, 0.2) is 5.16 Å². The summed E-state index contributed by atoms with van der Waals surface area (Å²) in [4.78, 5) is 32.0. The van der Waals surface area contributed by atoms with Crippen LogP contribution in [0.25, 0.3) is 10.9 Å². The number of carbonyl (C=O) groups excluding carboxylic acids is 1. The van der Waals surface area contributed by atoms with Crippen molar-refractivity contribution >= 4 is 28.6 Å². The van der Waals surface area contributed by atoms with E-state index in [2.05, 4.69) is 0 Å². The van der Waals surface area contributed by atoms with Gasteiger partial charge in [-0.3, -0.25) is 14.2 Å². The van der Waals surface area contributed by atoms with E-state index >= 15 is 0 Å². The Balaban J connectivity index is 2.61. The van der Waals surface area contributed by atoms with Crippen molar-refractivity contribution in [1.82, 2.24) is 14.5 Å². The normalized spacial score (nSPS) is 13.8. The second-order valence-electron chi connectivity index (χ2n) is 6.91. The van der Waals surface area contributed by atoms with Gasteiger partial charge in [0.05, 0.1) is 28.8 Å². The van der Waals surface area contributed by atoms with E-state index < -0.39 is 0 Å². The van der Waals surface area contributed by atoms with Crippen molar-refractivity contribution in [3.05, 3.63) is 34.6 Å². The summed E-state index contributed by atoms with van der Waals surface area (Å²) < 4.78 is 6.89. The fourth-order valence-corrected chi connectivity index (χ4v) is 4.09. The van der Waals surface area contributed by atoms with Crippen LogP contribution in [0.4, 0.5) is 0 Å². The van der Waals surface area contributed by atoms with E-state index in [1.807, 2.05) is 39.0 Å². The summed E-state index contributed by atoms with van der Waals surface area (Å²) >= 11 is 1.35. The Bertz CT molecular complexity index is 832. The third-order valence-electron chi connectivity index (χ3n) is 4.15. The summed E-state index contributed by atoms with van der Waals surface area (Å²) in [6.07, 6.45) is 0. The van der Waals surface area contributed by atoms with Gasteiger partial charge >= 0.3 is 0 Å². The molecular formula is C19H27N3O3S. The number of rotatable bonds is 7. The summed E-state index contributed by atoms with van der Waals surface area (Å²) in [7, 11) is 5.09. The van der Waals surface area contributed by atoms with Gasteiger partial charge in [-0.1, -0.05) is 37.7 Å². The molecule has 0 spiro atoms. The molecular weight excluding hydrogens is 350 g/mol. The molecule has 0 saturated heterocycles. The molecule has 7 heteroatoms. The maximum Gasteiger partial charge on any atom is 0.262 e. The van der Waals surface area contributed by atoms with E-state index in [-0.39, 0.29) is 28.7 Å². The average molecular weight is 378 g/mol. The number of fused-ring (bicyclic) bond motifs is 1. The van der Waals surface area contributed by atoms with Crippen molar-refractivity contribution < 1.29 is 9.53 Å². The molecule has 0 fully saturated rings. The Morgan fingerprint density at radius 1 is 1.27 bits per heavy atom. The third-order valence-corrected chi connectivity index (χ3v) is 5.64. The summed E-state index contributed by atoms with van der Waals surface area (Å²) in [6, 6.07) is 7.10. The molecule has 142 valence electrons. The fourth-order valence-electron chi connectivity index (χ4n) is 2.75. The molecule has 2 aromatic rings. The maximum absolute atomic E-state index is 13.1. The van der Waals surface area contributed by atoms with Gasteiger partial charge in [-0.2, -0.15) is 0 Å². The highest BCUT2D eigenvalue weighted by atomic mass is 32.2. The van der Waals surface area contributed by atoms with Crippen LogP contribution in [-0.2, 0) is 9.53 Å². The molecule has 0 aliphatic heterocycles. The van der Waals surface area contributed by atoms with E-state index in [0.717, 1.165) is 0 Å². The molecule has 0 radical (unpaired) electrons. The highest BCUT2D eigenvalue weighted by Gasteiger charge is 2.28. The van der Waals surface area contributed by atoms with Gasteiger partial charge in [0, 0.05) is 21.2 Å². The molecule has 2 rings (SSSR count). The van der Waals surface area contributed by atoms with Crippen molar-refractivity contribution in [3.63, 3.8) is 0 Å². The van der Waals surface area contributed by atoms with Crippen LogP contribution in [0.2, 0.25) is 0 Å². The van der Waals surface area contributed by atoms with Crippen LogP contribution in [0, 0.1) is 5.92 Å². The number of nitrogens with zero attached hydrogens (tertiary/aromatic N) is 3. The number of thioether (sulfide) groups is 1. The number of para-hydroxylation sites is 1. The van der Waals surface area contributed by atoms with E-state index in [1.54, 1.807) is 36.7 Å². The van der Waals surface area contributed by atoms with Gasteiger partial charge in [-0.05, 0) is 25.0 Å². The highest BCUT2D eigenvalue weighted by molar-refractivity contribution is 8.00. The van der Waals surface area contributed by atoms with Gasteiger partial charge in [-0.15, -0.1) is 0 Å². The van der Waals surface area contributed by atoms with Crippen molar-refractivity contribution in [2.24, 2.45) is 5.92 Å². The molecule has 1 amide bonds. The molecule has 2 atom stereocenters. The van der Waals surface area contributed by atoms with Crippen LogP contribution >= 0.6 is 11.8 Å². The monoisotopic (exact) mass is 377 g/mol. The van der Waals surface area contributed by atoms with Gasteiger partial charge in [0.1, 0.15) is 0 Å². The Kier molecular flexibility index (Phi) is 6.83. The first-order valence-corrected chi connectivity index (χ1v) is 9.53. The minimum absolute atomic E-state index is 0.0124. The lowest BCUT2D eigenvalue weighted by Crippen LogP contribution is -2.36. The molecule has 1 aromatic heterocycles. The fraction of sp³-hybridized carbons (Fsp3) is 0.526. The highest BCUT2D eigenvalue weighted by Crippen LogP contribution is 2.30. The molecule has 26 heavy (non-hydrogen) atoms. The van der Waals surface area contributed by atoms with Crippen LogP contribution in [0.5, 0.6) is 0 Å². The van der Waals surface area contributed by atoms with Crippen molar-refractivity contribution in [1.29, 1.82) is 0 Å². The molecule has 0 aliphatic carbocycles. The lowest BCUT2D eigenvalue weighted by Gasteiger charge is -2.25. The van der Waals surface area contributed by atoms with Gasteiger partial charge in [-0.25, -0.2) is 4.98 Å². The number of hydrogen-bond acceptors (Lipinski definition) is 5. The Morgan fingerprint density at radius 2 is 1.92 bits per heavy atom. The number of ether oxygens (including phenoxy) is 1. The first kappa shape index (κ1) is 20.5. The number of aromatic nitrogens is 2. The van der Waals surface area contributed by atoms with Gasteiger partial charge < -0.3 is 9.64 Å². The molecule has 0 N–H and O–H groups in total. The summed E-state index contributed by atoms with van der Waals surface area (Å²) in [6.45, 7) is 6.31. The topological polar surface area (TPSA) is 64.4 Å². The zero-order valence-corrected chi connectivity index (χ0v) is 17.0. The Labute approximate surface area is 158 Å². The predicted octanol–water partition coefficient (Wildman–Crippen LogP) is 2.81. The summed E-state index contributed by atoms with van der Waals surface area (Å²) in [5.41, 5.74) is 0.531. The molecule has 0 saturated carbocycles. The number of amides is 1. The largest absolute Gasteiger partial charge is 0.383 e. The second kappa shape index (κ2) is 8.68. The van der Waals surface area contributed by atoms with Crippen LogP contribution in [-0.4, -0.2) is 53.4 Å². The minimum Gasteiger partial charge on any atom is -0.383 e. The zero-order valence-electron chi connectivity index (χ0n) is 16.2. The van der Waals surface area contributed by atoms with Crippen LogP contribution < -0.4 is 5.56 Å². The number of benzene rings is 1. The van der Waals surface area contributed by atoms with Crippen molar-refractivity contribution in [3.8, 4) is 0 Å². The van der Waals surface area contributed by atoms with Crippen molar-refractivity contribution in [2.45, 2.75) is 37.2 Å². The van der Waals surface area contributed by atoms with E-state index in [1.165, 1.54) is 11.8 Å². The number of hydrogen-bond donors (Lipinski definition) is 0. The maximum atomic E-state index is 13.1. The summed E-state index contributed by atoms with van der Waals surface area (Å²) in [5, 5.41) is 0.797. The van der Waals surface area contributed by atoms with Crippen LogP contribution in [0.3, 0.4) is 0 Å². The SMILES string of the molecule is COCC(C)n1c(SC(C(=O)N(C)C)C(C)C)nc2ccccc2c1=O. The Morgan fingerprint density at radius 3 is 2.50 bits per heavy atom. The number of carbonyl (C=O) groups is 1. The number of methoxy groups -OCH3 is 1. The molecule has 0 bridgehead atoms. The predicted molar refractivity (Wildman–Crippen MR) is 106 cm³/mol. The standard InChI is InChI=1S/C19H27N3O3S/c1-12(2)16(18(24)21(4)5)26-19-20-15-10-8-7-9-14(15)17(23)22(19)13(3)11-25-6/h7-10,12-13,16H,11H2,1-6H3. The molecule has 1 heterocycles. The molecule has 2 unspecified atom stereocenters. The lowest BCUT2D eigenvalue weighted by atomic mass is 10.1. The van der Waals surface area contributed by atoms with Crippen LogP contribution in [0.1, 0.15) is 26.8 Å². The average Bonchev–Trinajstić information content (AvgIpc) is 2.59. The van der Waals surface area contributed by atoms with Crippen LogP contribution in [0.15, 0.2) is 34.2 Å². The molecule has 6 nitrogen and oxygen atoms in total. The smallest absolute Gasteiger partial charge is 0.262 e.